The summed E-state index contributed by atoms with van der Waals surface area (Å²) in [6.45, 7) is 0. The SMILES string of the molecule is O=C(Oc1cccc2c1-c1ccccc1C2)C(F)(F)F. The molecule has 5 heteroatoms. The summed E-state index contributed by atoms with van der Waals surface area (Å²) in [5.74, 6) is -2.25. The summed E-state index contributed by atoms with van der Waals surface area (Å²) in [5, 5.41) is 0. The van der Waals surface area contributed by atoms with Crippen LogP contribution in [-0.4, -0.2) is 12.1 Å². The third kappa shape index (κ3) is 2.05. The lowest BCUT2D eigenvalue weighted by molar-refractivity contribution is -0.189. The highest BCUT2D eigenvalue weighted by Crippen LogP contribution is 2.42. The van der Waals surface area contributed by atoms with Crippen molar-refractivity contribution in [1.82, 2.24) is 0 Å². The minimum Gasteiger partial charge on any atom is -0.419 e. The quantitative estimate of drug-likeness (QED) is 0.501. The van der Waals surface area contributed by atoms with E-state index in [1.165, 1.54) is 6.07 Å². The first-order valence-corrected chi connectivity index (χ1v) is 5.96. The molecule has 0 radical (unpaired) electrons. The van der Waals surface area contributed by atoms with Gasteiger partial charge in [0.1, 0.15) is 5.75 Å². The second kappa shape index (κ2) is 4.37. The molecule has 20 heavy (non-hydrogen) atoms. The highest BCUT2D eigenvalue weighted by molar-refractivity contribution is 5.86. The average molecular weight is 278 g/mol. The van der Waals surface area contributed by atoms with Crippen molar-refractivity contribution in [1.29, 1.82) is 0 Å². The molecule has 1 aliphatic rings. The Kier molecular flexibility index (Phi) is 2.78. The first kappa shape index (κ1) is 12.7. The summed E-state index contributed by atoms with van der Waals surface area (Å²) < 4.78 is 41.4. The maximum Gasteiger partial charge on any atom is 0.491 e. The number of benzene rings is 2. The zero-order valence-electron chi connectivity index (χ0n) is 10.2. The van der Waals surface area contributed by atoms with Gasteiger partial charge in [-0.2, -0.15) is 13.2 Å². The number of hydrogen-bond acceptors (Lipinski definition) is 2. The summed E-state index contributed by atoms with van der Waals surface area (Å²) in [4.78, 5) is 11.0. The Morgan fingerprint density at radius 2 is 1.70 bits per heavy atom. The van der Waals surface area contributed by atoms with Gasteiger partial charge in [-0.05, 0) is 29.2 Å². The van der Waals surface area contributed by atoms with Gasteiger partial charge in [-0.15, -0.1) is 0 Å². The Labute approximate surface area is 112 Å². The van der Waals surface area contributed by atoms with Crippen molar-refractivity contribution in [3.63, 3.8) is 0 Å². The van der Waals surface area contributed by atoms with Gasteiger partial charge in [0.05, 0.1) is 0 Å². The Morgan fingerprint density at radius 1 is 1.00 bits per heavy atom. The van der Waals surface area contributed by atoms with Crippen molar-refractivity contribution in [2.45, 2.75) is 12.6 Å². The largest absolute Gasteiger partial charge is 0.491 e. The molecule has 102 valence electrons. The maximum absolute atomic E-state index is 12.3. The first-order chi connectivity index (χ1) is 9.47. The van der Waals surface area contributed by atoms with Crippen LogP contribution in [0.2, 0.25) is 0 Å². The third-order valence-corrected chi connectivity index (χ3v) is 3.21. The molecule has 0 unspecified atom stereocenters. The molecule has 0 fully saturated rings. The predicted molar refractivity (Wildman–Crippen MR) is 66.4 cm³/mol. The van der Waals surface area contributed by atoms with Crippen LogP contribution in [0.3, 0.4) is 0 Å². The van der Waals surface area contributed by atoms with Crippen molar-refractivity contribution in [3.8, 4) is 16.9 Å². The van der Waals surface area contributed by atoms with Crippen LogP contribution in [-0.2, 0) is 11.2 Å². The Bertz CT molecular complexity index is 690. The van der Waals surface area contributed by atoms with Gasteiger partial charge in [0.2, 0.25) is 0 Å². The Balaban J connectivity index is 2.05. The molecule has 2 nitrogen and oxygen atoms in total. The Hall–Kier alpha value is -2.30. The van der Waals surface area contributed by atoms with Crippen molar-refractivity contribution in [2.24, 2.45) is 0 Å². The number of halogens is 3. The van der Waals surface area contributed by atoms with E-state index in [2.05, 4.69) is 4.74 Å². The minimum absolute atomic E-state index is 0.0465. The molecule has 0 heterocycles. The van der Waals surface area contributed by atoms with Gasteiger partial charge in [-0.25, -0.2) is 4.79 Å². The van der Waals surface area contributed by atoms with Gasteiger partial charge in [0, 0.05) is 5.56 Å². The third-order valence-electron chi connectivity index (χ3n) is 3.21. The van der Waals surface area contributed by atoms with Crippen molar-refractivity contribution < 1.29 is 22.7 Å². The molecule has 0 saturated heterocycles. The predicted octanol–water partition coefficient (Wildman–Crippen LogP) is 3.73. The van der Waals surface area contributed by atoms with E-state index in [-0.39, 0.29) is 5.75 Å². The molecular formula is C15H9F3O2. The molecule has 2 aromatic carbocycles. The van der Waals surface area contributed by atoms with Crippen molar-refractivity contribution in [3.05, 3.63) is 53.6 Å². The van der Waals surface area contributed by atoms with E-state index >= 15 is 0 Å². The van der Waals surface area contributed by atoms with Crippen LogP contribution in [0, 0.1) is 0 Å². The number of carbonyl (C=O) groups excluding carboxylic acids is 1. The van der Waals surface area contributed by atoms with Crippen LogP contribution >= 0.6 is 0 Å². The summed E-state index contributed by atoms with van der Waals surface area (Å²) in [6, 6.07) is 12.2. The molecule has 0 N–H and O–H groups in total. The molecule has 3 rings (SSSR count). The van der Waals surface area contributed by atoms with Gasteiger partial charge >= 0.3 is 12.1 Å². The van der Waals surface area contributed by atoms with E-state index in [0.717, 1.165) is 16.7 Å². The fraction of sp³-hybridized carbons (Fsp3) is 0.133. The number of alkyl halides is 3. The van der Waals surface area contributed by atoms with E-state index in [4.69, 9.17) is 0 Å². The second-order valence-electron chi connectivity index (χ2n) is 4.51. The number of hydrogen-bond donors (Lipinski definition) is 0. The number of rotatable bonds is 1. The van der Waals surface area contributed by atoms with Gasteiger partial charge in [-0.3, -0.25) is 0 Å². The van der Waals surface area contributed by atoms with Crippen LogP contribution in [0.15, 0.2) is 42.5 Å². The lowest BCUT2D eigenvalue weighted by Crippen LogP contribution is -2.28. The fourth-order valence-electron chi connectivity index (χ4n) is 2.40. The number of esters is 1. The van der Waals surface area contributed by atoms with Crippen molar-refractivity contribution in [2.75, 3.05) is 0 Å². The topological polar surface area (TPSA) is 26.3 Å². The summed E-state index contributed by atoms with van der Waals surface area (Å²) in [5.41, 5.74) is 3.26. The lowest BCUT2D eigenvalue weighted by atomic mass is 10.1. The molecule has 0 amide bonds. The van der Waals surface area contributed by atoms with Crippen LogP contribution < -0.4 is 4.74 Å². The van der Waals surface area contributed by atoms with Crippen LogP contribution in [0.5, 0.6) is 5.75 Å². The van der Waals surface area contributed by atoms with E-state index in [9.17, 15) is 18.0 Å². The minimum atomic E-state index is -5.00. The van der Waals surface area contributed by atoms with E-state index < -0.39 is 12.1 Å². The normalized spacial score (nSPS) is 12.8. The van der Waals surface area contributed by atoms with Crippen LogP contribution in [0.25, 0.3) is 11.1 Å². The number of ether oxygens (including phenoxy) is 1. The average Bonchev–Trinajstić information content (AvgIpc) is 2.76. The highest BCUT2D eigenvalue weighted by atomic mass is 19.4. The molecule has 0 bridgehead atoms. The molecule has 2 aromatic rings. The summed E-state index contributed by atoms with van der Waals surface area (Å²) in [6.07, 6.45) is -4.37. The molecular weight excluding hydrogens is 269 g/mol. The van der Waals surface area contributed by atoms with E-state index in [0.29, 0.717) is 12.0 Å². The molecule has 1 aliphatic carbocycles. The standard InChI is InChI=1S/C15H9F3O2/c16-15(17,18)14(19)20-12-7-3-5-10-8-9-4-1-2-6-11(9)13(10)12/h1-7H,8H2. The van der Waals surface area contributed by atoms with Gasteiger partial charge in [-0.1, -0.05) is 36.4 Å². The van der Waals surface area contributed by atoms with E-state index in [1.54, 1.807) is 12.1 Å². The zero-order valence-corrected chi connectivity index (χ0v) is 10.2. The molecule has 0 spiro atoms. The maximum atomic E-state index is 12.3. The zero-order chi connectivity index (χ0) is 14.3. The lowest BCUT2D eigenvalue weighted by Gasteiger charge is -2.11. The monoisotopic (exact) mass is 278 g/mol. The molecule has 0 atom stereocenters. The molecule has 0 saturated carbocycles. The number of carbonyl (C=O) groups is 1. The molecule has 0 aromatic heterocycles. The van der Waals surface area contributed by atoms with Gasteiger partial charge in [0.25, 0.3) is 0 Å². The Morgan fingerprint density at radius 3 is 2.45 bits per heavy atom. The van der Waals surface area contributed by atoms with Crippen LogP contribution in [0.1, 0.15) is 11.1 Å². The second-order valence-corrected chi connectivity index (χ2v) is 4.51. The highest BCUT2D eigenvalue weighted by Gasteiger charge is 2.42. The van der Waals surface area contributed by atoms with Gasteiger partial charge in [0.15, 0.2) is 0 Å². The van der Waals surface area contributed by atoms with Crippen LogP contribution in [0.4, 0.5) is 13.2 Å². The molecule has 0 aliphatic heterocycles. The van der Waals surface area contributed by atoms with Gasteiger partial charge < -0.3 is 4.74 Å². The fourth-order valence-corrected chi connectivity index (χ4v) is 2.40. The van der Waals surface area contributed by atoms with E-state index in [1.807, 2.05) is 24.3 Å². The summed E-state index contributed by atoms with van der Waals surface area (Å²) >= 11 is 0. The smallest absolute Gasteiger partial charge is 0.419 e. The first-order valence-electron chi connectivity index (χ1n) is 5.96. The summed E-state index contributed by atoms with van der Waals surface area (Å²) in [7, 11) is 0. The van der Waals surface area contributed by atoms with Crippen molar-refractivity contribution >= 4 is 5.97 Å². The number of fused-ring (bicyclic) bond motifs is 3.